The molecule has 6 heteroatoms. The molecule has 0 atom stereocenters. The van der Waals surface area contributed by atoms with Crippen molar-refractivity contribution in [3.63, 3.8) is 0 Å². The van der Waals surface area contributed by atoms with Gasteiger partial charge in [0.05, 0.1) is 0 Å². The molecule has 0 unspecified atom stereocenters. The van der Waals surface area contributed by atoms with E-state index in [1.165, 1.54) is 0 Å². The fourth-order valence-corrected chi connectivity index (χ4v) is 0.143. The summed E-state index contributed by atoms with van der Waals surface area (Å²) in [7, 11) is 0. The summed E-state index contributed by atoms with van der Waals surface area (Å²) in [5, 5.41) is 15.6. The number of rotatable bonds is 2. The Kier molecular flexibility index (Phi) is 14.2. The van der Waals surface area contributed by atoms with Gasteiger partial charge in [-0.3, -0.25) is 0 Å². The smallest absolute Gasteiger partial charge is 0.328 e. The predicted molar refractivity (Wildman–Crippen MR) is 24.4 cm³/mol. The maximum Gasteiger partial charge on any atom is 0.328 e. The molecule has 0 aromatic rings. The standard InChI is InChI=1S/C4H4O4.Co.Fe/c5-3(6)1-2-4(7)8;;/h1-2H,(H,5,6)(H,7,8);;/b2-1+;;. The van der Waals surface area contributed by atoms with Crippen molar-refractivity contribution in [2.45, 2.75) is 0 Å². The fraction of sp³-hybridized carbons (Fsp3) is 0. The minimum atomic E-state index is -1.26. The van der Waals surface area contributed by atoms with Gasteiger partial charge in [-0.15, -0.1) is 0 Å². The van der Waals surface area contributed by atoms with Gasteiger partial charge in [0.1, 0.15) is 0 Å². The molecule has 0 aliphatic heterocycles. The molecule has 0 saturated carbocycles. The third kappa shape index (κ3) is 15.6. The zero-order valence-electron chi connectivity index (χ0n) is 4.55. The Bertz CT molecular complexity index is 128. The average Bonchev–Trinajstić information content (AvgIpc) is 1.61. The monoisotopic (exact) mass is 231 g/mol. The van der Waals surface area contributed by atoms with Gasteiger partial charge in [0.15, 0.2) is 0 Å². The number of hydrogen-bond donors (Lipinski definition) is 2. The van der Waals surface area contributed by atoms with Crippen molar-refractivity contribution in [3.8, 4) is 0 Å². The first kappa shape index (κ1) is 16.4. The van der Waals surface area contributed by atoms with Gasteiger partial charge >= 0.3 is 11.9 Å². The van der Waals surface area contributed by atoms with Crippen LogP contribution in [-0.4, -0.2) is 22.2 Å². The molecule has 0 aliphatic rings. The van der Waals surface area contributed by atoms with E-state index in [9.17, 15) is 9.59 Å². The summed E-state index contributed by atoms with van der Waals surface area (Å²) in [6, 6.07) is 0. The summed E-state index contributed by atoms with van der Waals surface area (Å²) in [6.45, 7) is 0. The summed E-state index contributed by atoms with van der Waals surface area (Å²) in [4.78, 5) is 19.1. The van der Waals surface area contributed by atoms with E-state index in [-0.39, 0.29) is 33.8 Å². The number of aliphatic carboxylic acids is 2. The maximum absolute atomic E-state index is 9.55. The van der Waals surface area contributed by atoms with Gasteiger partial charge in [-0.1, -0.05) is 0 Å². The Labute approximate surface area is 78.0 Å². The van der Waals surface area contributed by atoms with Gasteiger partial charge < -0.3 is 10.2 Å². The van der Waals surface area contributed by atoms with Crippen LogP contribution in [0.5, 0.6) is 0 Å². The Morgan fingerprint density at radius 3 is 1.30 bits per heavy atom. The molecule has 0 rings (SSSR count). The molecule has 0 aliphatic carbocycles. The van der Waals surface area contributed by atoms with E-state index in [0.717, 1.165) is 0 Å². The quantitative estimate of drug-likeness (QED) is 0.505. The third-order valence-corrected chi connectivity index (χ3v) is 0.368. The van der Waals surface area contributed by atoms with Crippen molar-refractivity contribution < 1.29 is 53.6 Å². The molecule has 61 valence electrons. The van der Waals surface area contributed by atoms with Crippen LogP contribution in [-0.2, 0) is 43.4 Å². The van der Waals surface area contributed by atoms with Gasteiger partial charge in [0, 0.05) is 46.0 Å². The van der Waals surface area contributed by atoms with E-state index in [4.69, 9.17) is 10.2 Å². The van der Waals surface area contributed by atoms with E-state index < -0.39 is 11.9 Å². The van der Waals surface area contributed by atoms with Gasteiger partial charge in [-0.05, 0) is 0 Å². The van der Waals surface area contributed by atoms with Crippen LogP contribution < -0.4 is 0 Å². The van der Waals surface area contributed by atoms with Crippen LogP contribution in [0, 0.1) is 0 Å². The molecule has 0 heterocycles. The van der Waals surface area contributed by atoms with Crippen LogP contribution in [0.4, 0.5) is 0 Å². The summed E-state index contributed by atoms with van der Waals surface area (Å²) in [5.74, 6) is -2.51. The van der Waals surface area contributed by atoms with Crippen LogP contribution in [0.15, 0.2) is 12.2 Å². The van der Waals surface area contributed by atoms with Crippen LogP contribution in [0.1, 0.15) is 0 Å². The van der Waals surface area contributed by atoms with Crippen molar-refractivity contribution >= 4 is 11.9 Å². The van der Waals surface area contributed by atoms with E-state index >= 15 is 0 Å². The normalized spacial score (nSPS) is 7.60. The molecule has 0 amide bonds. The van der Waals surface area contributed by atoms with Crippen LogP contribution in [0.3, 0.4) is 0 Å². The first-order valence-corrected chi connectivity index (χ1v) is 1.77. The Balaban J connectivity index is -0.000000245. The minimum Gasteiger partial charge on any atom is -0.478 e. The van der Waals surface area contributed by atoms with Crippen molar-refractivity contribution in [3.05, 3.63) is 12.2 Å². The van der Waals surface area contributed by atoms with Crippen LogP contribution in [0.2, 0.25) is 0 Å². The van der Waals surface area contributed by atoms with Gasteiger partial charge in [-0.2, -0.15) is 0 Å². The molecule has 0 aromatic heterocycles. The summed E-state index contributed by atoms with van der Waals surface area (Å²) < 4.78 is 0. The topological polar surface area (TPSA) is 74.6 Å². The number of carbonyl (C=O) groups is 2. The van der Waals surface area contributed by atoms with E-state index in [0.29, 0.717) is 12.2 Å². The van der Waals surface area contributed by atoms with E-state index in [1.54, 1.807) is 0 Å². The van der Waals surface area contributed by atoms with Crippen LogP contribution >= 0.6 is 0 Å². The molecule has 10 heavy (non-hydrogen) atoms. The third-order valence-electron chi connectivity index (χ3n) is 0.368. The molecule has 0 saturated heterocycles. The molecular weight excluding hydrogens is 227 g/mol. The molecular formula is C4H4CoFeO4. The zero-order chi connectivity index (χ0) is 6.57. The second kappa shape index (κ2) is 8.71. The zero-order valence-corrected chi connectivity index (χ0v) is 6.70. The van der Waals surface area contributed by atoms with E-state index in [1.807, 2.05) is 0 Å². The second-order valence-electron chi connectivity index (χ2n) is 1.01. The number of carboxylic acids is 2. The second-order valence-corrected chi connectivity index (χ2v) is 1.01. The maximum atomic E-state index is 9.55. The molecule has 1 radical (unpaired) electrons. The summed E-state index contributed by atoms with van der Waals surface area (Å²) >= 11 is 0. The van der Waals surface area contributed by atoms with Crippen molar-refractivity contribution in [1.82, 2.24) is 0 Å². The molecule has 0 bridgehead atoms. The Morgan fingerprint density at radius 1 is 1.00 bits per heavy atom. The minimum absolute atomic E-state index is 0. The molecule has 0 fully saturated rings. The van der Waals surface area contributed by atoms with E-state index in [2.05, 4.69) is 0 Å². The van der Waals surface area contributed by atoms with Gasteiger partial charge in [0.2, 0.25) is 0 Å². The average molecular weight is 231 g/mol. The van der Waals surface area contributed by atoms with Gasteiger partial charge in [-0.25, -0.2) is 9.59 Å². The van der Waals surface area contributed by atoms with Crippen molar-refractivity contribution in [1.29, 1.82) is 0 Å². The van der Waals surface area contributed by atoms with Crippen molar-refractivity contribution in [2.75, 3.05) is 0 Å². The molecule has 2 N–H and O–H groups in total. The van der Waals surface area contributed by atoms with Crippen LogP contribution in [0.25, 0.3) is 0 Å². The first-order chi connectivity index (χ1) is 3.63. The molecule has 0 spiro atoms. The van der Waals surface area contributed by atoms with Crippen molar-refractivity contribution in [2.24, 2.45) is 0 Å². The predicted octanol–water partition coefficient (Wildman–Crippen LogP) is -0.293. The SMILES string of the molecule is O=C(O)/C=C/C(=O)O.[Co].[Fe]. The Hall–Kier alpha value is -0.294. The number of hydrogen-bond acceptors (Lipinski definition) is 2. The molecule has 4 nitrogen and oxygen atoms in total. The Morgan fingerprint density at radius 2 is 1.20 bits per heavy atom. The largest absolute Gasteiger partial charge is 0.478 e. The fourth-order valence-electron chi connectivity index (χ4n) is 0.143. The molecule has 0 aromatic carbocycles. The number of carboxylic acid groups (broad SMARTS) is 2. The van der Waals surface area contributed by atoms with Gasteiger partial charge in [0.25, 0.3) is 0 Å². The summed E-state index contributed by atoms with van der Waals surface area (Å²) in [6.07, 6.45) is 1.12. The first-order valence-electron chi connectivity index (χ1n) is 1.77. The summed E-state index contributed by atoms with van der Waals surface area (Å²) in [5.41, 5.74) is 0.